The van der Waals surface area contributed by atoms with E-state index >= 15 is 0 Å². The lowest BCUT2D eigenvalue weighted by atomic mass is 9.92. The number of piperazine rings is 1. The second-order valence-electron chi connectivity index (χ2n) is 9.14. The third kappa shape index (κ3) is 4.21. The fourth-order valence-electron chi connectivity index (χ4n) is 4.56. The minimum atomic E-state index is -0.507. The Morgan fingerprint density at radius 2 is 2.03 bits per heavy atom. The zero-order valence-corrected chi connectivity index (χ0v) is 19.1. The van der Waals surface area contributed by atoms with Crippen molar-refractivity contribution in [3.8, 4) is 0 Å². The molecule has 7 heteroatoms. The number of hydrogen-bond acceptors (Lipinski definition) is 5. The maximum absolute atomic E-state index is 12.1. The molecule has 0 radical (unpaired) electrons. The molecular weight excluding hydrogens is 400 g/mol. The number of carbonyl (C=O) groups excluding carboxylic acids is 1. The van der Waals surface area contributed by atoms with Crippen LogP contribution < -0.4 is 0 Å². The van der Waals surface area contributed by atoms with Gasteiger partial charge in [-0.05, 0) is 44.4 Å². The number of rotatable bonds is 3. The molecule has 1 aromatic heterocycles. The van der Waals surface area contributed by atoms with Crippen LogP contribution in [-0.2, 0) is 16.1 Å². The summed E-state index contributed by atoms with van der Waals surface area (Å²) in [4.78, 5) is 21.9. The number of esters is 1. The van der Waals surface area contributed by atoms with Gasteiger partial charge in [0.15, 0.2) is 5.84 Å². The highest BCUT2D eigenvalue weighted by atomic mass is 35.5. The number of ether oxygens (including phenoxy) is 1. The summed E-state index contributed by atoms with van der Waals surface area (Å²) in [6.45, 7) is 11.1. The summed E-state index contributed by atoms with van der Waals surface area (Å²) in [7, 11) is 1.46. The van der Waals surface area contributed by atoms with Gasteiger partial charge in [-0.25, -0.2) is 4.99 Å². The molecule has 0 saturated carbocycles. The molecule has 3 heterocycles. The van der Waals surface area contributed by atoms with E-state index < -0.39 is 5.41 Å². The van der Waals surface area contributed by atoms with Crippen LogP contribution in [-0.4, -0.2) is 71.4 Å². The lowest BCUT2D eigenvalue weighted by molar-refractivity contribution is -0.152. The van der Waals surface area contributed by atoms with E-state index in [-0.39, 0.29) is 11.3 Å². The number of aryl methyl sites for hydroxylation is 1. The van der Waals surface area contributed by atoms with Gasteiger partial charge in [-0.15, -0.1) is 11.6 Å². The number of halogens is 1. The average molecular weight is 431 g/mol. The number of aliphatic imine (C=N–C) groups is 1. The topological polar surface area (TPSA) is 50.1 Å². The predicted molar refractivity (Wildman–Crippen MR) is 120 cm³/mol. The van der Waals surface area contributed by atoms with Crippen LogP contribution >= 0.6 is 11.6 Å². The maximum atomic E-state index is 12.1. The highest BCUT2D eigenvalue weighted by Gasteiger charge is 2.33. The minimum Gasteiger partial charge on any atom is -0.469 e. The molecule has 0 amide bonds. The molecule has 30 heavy (non-hydrogen) atoms. The van der Waals surface area contributed by atoms with Crippen LogP contribution in [0.1, 0.15) is 31.5 Å². The first-order valence-electron chi connectivity index (χ1n) is 10.6. The number of fused-ring (bicyclic) bond motifs is 2. The van der Waals surface area contributed by atoms with E-state index in [1.54, 1.807) is 0 Å². The molecule has 3 aliphatic rings. The van der Waals surface area contributed by atoms with Crippen molar-refractivity contribution < 1.29 is 9.53 Å². The highest BCUT2D eigenvalue weighted by molar-refractivity contribution is 6.22. The molecule has 0 spiro atoms. The minimum absolute atomic E-state index is 0.0438. The third-order valence-corrected chi connectivity index (χ3v) is 6.41. The van der Waals surface area contributed by atoms with Gasteiger partial charge in [-0.1, -0.05) is 12.2 Å². The summed E-state index contributed by atoms with van der Waals surface area (Å²) in [6, 6.07) is 2.22. The second kappa shape index (κ2) is 8.23. The fraction of sp³-hybridized carbons (Fsp3) is 0.565. The lowest BCUT2D eigenvalue weighted by Crippen LogP contribution is -2.52. The molecule has 0 N–H and O–H groups in total. The molecule has 4 rings (SSSR count). The molecule has 0 bridgehead atoms. The van der Waals surface area contributed by atoms with Crippen molar-refractivity contribution in [2.24, 2.45) is 10.4 Å². The van der Waals surface area contributed by atoms with Gasteiger partial charge in [-0.3, -0.25) is 9.69 Å². The van der Waals surface area contributed by atoms with Gasteiger partial charge in [0.2, 0.25) is 0 Å². The smallest absolute Gasteiger partial charge is 0.312 e. The number of aromatic nitrogens is 1. The Balaban J connectivity index is 1.54. The van der Waals surface area contributed by atoms with Crippen molar-refractivity contribution in [3.05, 3.63) is 46.9 Å². The summed E-state index contributed by atoms with van der Waals surface area (Å²) < 4.78 is 7.26. The molecule has 1 saturated heterocycles. The van der Waals surface area contributed by atoms with E-state index in [0.717, 1.165) is 56.4 Å². The lowest BCUT2D eigenvalue weighted by Gasteiger charge is -2.39. The van der Waals surface area contributed by atoms with Gasteiger partial charge in [0.05, 0.1) is 29.3 Å². The fourth-order valence-corrected chi connectivity index (χ4v) is 4.80. The van der Waals surface area contributed by atoms with E-state index in [2.05, 4.69) is 45.7 Å². The molecular formula is C23H31ClN4O2. The summed E-state index contributed by atoms with van der Waals surface area (Å²) >= 11 is 6.38. The van der Waals surface area contributed by atoms with E-state index in [1.807, 2.05) is 13.8 Å². The van der Waals surface area contributed by atoms with Gasteiger partial charge in [-0.2, -0.15) is 0 Å². The number of nitrogens with zero attached hydrogens (tertiary/aromatic N) is 4. The predicted octanol–water partition coefficient (Wildman–Crippen LogP) is 3.19. The van der Waals surface area contributed by atoms with Gasteiger partial charge < -0.3 is 14.2 Å². The van der Waals surface area contributed by atoms with Crippen LogP contribution in [0.2, 0.25) is 0 Å². The van der Waals surface area contributed by atoms with Crippen LogP contribution in [0.5, 0.6) is 0 Å². The van der Waals surface area contributed by atoms with E-state index in [9.17, 15) is 4.79 Å². The van der Waals surface area contributed by atoms with Crippen molar-refractivity contribution in [1.82, 2.24) is 14.4 Å². The summed E-state index contributed by atoms with van der Waals surface area (Å²) in [6.07, 6.45) is 7.33. The zero-order chi connectivity index (χ0) is 21.5. The summed E-state index contributed by atoms with van der Waals surface area (Å²) in [5, 5.41) is 0.0438. The first-order valence-corrected chi connectivity index (χ1v) is 11.1. The number of allylic oxidation sites excluding steroid dienone is 3. The molecule has 1 fully saturated rings. The zero-order valence-electron chi connectivity index (χ0n) is 18.3. The molecule has 1 atom stereocenters. The monoisotopic (exact) mass is 430 g/mol. The van der Waals surface area contributed by atoms with Crippen molar-refractivity contribution in [1.29, 1.82) is 0 Å². The first-order chi connectivity index (χ1) is 14.3. The van der Waals surface area contributed by atoms with Gasteiger partial charge in [0.25, 0.3) is 0 Å². The largest absolute Gasteiger partial charge is 0.469 e. The molecule has 162 valence electrons. The standard InChI is InChI=1S/C23H31ClN4O2/c1-16-11-20-21(25-19-6-5-18(24)12-17(19)14-28(20)13-16)27-9-7-26(8-10-27)15-23(2,3)22(29)30-4/h6,11-13,18H,5,7-10,14-15H2,1-4H3. The number of carbonyl (C=O) groups is 1. The molecule has 6 nitrogen and oxygen atoms in total. The number of alkyl halides is 1. The van der Waals surface area contributed by atoms with E-state index in [4.69, 9.17) is 21.3 Å². The van der Waals surface area contributed by atoms with Crippen LogP contribution in [0, 0.1) is 12.3 Å². The van der Waals surface area contributed by atoms with Gasteiger partial charge in [0, 0.05) is 45.5 Å². The van der Waals surface area contributed by atoms with Crippen LogP contribution in [0.25, 0.3) is 0 Å². The van der Waals surface area contributed by atoms with Crippen molar-refractivity contribution in [3.63, 3.8) is 0 Å². The van der Waals surface area contributed by atoms with Crippen LogP contribution in [0.3, 0.4) is 0 Å². The Kier molecular flexibility index (Phi) is 5.82. The van der Waals surface area contributed by atoms with Gasteiger partial charge in [0.1, 0.15) is 0 Å². The van der Waals surface area contributed by atoms with Crippen LogP contribution in [0.15, 0.2) is 40.7 Å². The number of hydrogen-bond donors (Lipinski definition) is 0. The molecule has 2 aliphatic heterocycles. The Bertz CT molecular complexity index is 920. The Morgan fingerprint density at radius 1 is 1.30 bits per heavy atom. The van der Waals surface area contributed by atoms with Crippen molar-refractivity contribution >= 4 is 23.4 Å². The normalized spacial score (nSPS) is 22.4. The van der Waals surface area contributed by atoms with E-state index in [1.165, 1.54) is 18.2 Å². The van der Waals surface area contributed by atoms with Gasteiger partial charge >= 0.3 is 5.97 Å². The second-order valence-corrected chi connectivity index (χ2v) is 9.70. The quantitative estimate of drug-likeness (QED) is 0.546. The molecule has 1 unspecified atom stereocenters. The van der Waals surface area contributed by atoms with Crippen molar-refractivity contribution in [2.75, 3.05) is 39.8 Å². The first kappa shape index (κ1) is 21.2. The van der Waals surface area contributed by atoms with Crippen LogP contribution in [0.4, 0.5) is 0 Å². The molecule has 1 aliphatic carbocycles. The summed E-state index contributed by atoms with van der Waals surface area (Å²) in [5.74, 6) is 0.880. The SMILES string of the molecule is COC(=O)C(C)(C)CN1CCN(C2=NC3=CCC(Cl)C=C3Cn3cc(C)cc32)CC1. The Hall–Kier alpha value is -2.05. The maximum Gasteiger partial charge on any atom is 0.312 e. The van der Waals surface area contributed by atoms with Crippen molar-refractivity contribution in [2.45, 2.75) is 39.1 Å². The Morgan fingerprint density at radius 3 is 2.73 bits per heavy atom. The highest BCUT2D eigenvalue weighted by Crippen LogP contribution is 2.30. The summed E-state index contributed by atoms with van der Waals surface area (Å²) in [5.41, 5.74) is 4.15. The Labute approximate surface area is 183 Å². The number of amidine groups is 1. The third-order valence-electron chi connectivity index (χ3n) is 6.11. The number of methoxy groups -OCH3 is 1. The average Bonchev–Trinajstić information content (AvgIpc) is 3.00. The molecule has 0 aromatic carbocycles. The molecule has 1 aromatic rings. The van der Waals surface area contributed by atoms with E-state index in [0.29, 0.717) is 6.54 Å².